The molecule has 2 unspecified atom stereocenters. The fourth-order valence-corrected chi connectivity index (χ4v) is 5.30. The number of unbranched alkanes of at least 4 members (excludes halogenated alkanes) is 26. The number of carboxylic acids is 2. The summed E-state index contributed by atoms with van der Waals surface area (Å²) in [5.41, 5.74) is 0. The topological polar surface area (TPSA) is 121 Å². The van der Waals surface area contributed by atoms with Crippen molar-refractivity contribution >= 4 is 11.9 Å². The molecule has 1 radical (unpaired) electrons. The summed E-state index contributed by atoms with van der Waals surface area (Å²) < 4.78 is 0. The van der Waals surface area contributed by atoms with Gasteiger partial charge < -0.3 is 30.0 Å². The summed E-state index contributed by atoms with van der Waals surface area (Å²) in [4.78, 5) is 20.6. The third kappa shape index (κ3) is 41.4. The van der Waals surface area contributed by atoms with Crippen LogP contribution >= 0.6 is 0 Å². The number of aliphatic carboxylic acids is 2. The molecule has 0 rings (SSSR count). The van der Waals surface area contributed by atoms with Gasteiger partial charge in [-0.25, -0.2) is 0 Å². The third-order valence-corrected chi connectivity index (χ3v) is 8.21. The Morgan fingerprint density at radius 3 is 0.721 bits per heavy atom. The van der Waals surface area contributed by atoms with Crippen molar-refractivity contribution in [2.45, 2.75) is 219 Å². The van der Waals surface area contributed by atoms with Crippen molar-refractivity contribution in [2.24, 2.45) is 0 Å². The molecule has 0 aliphatic rings. The van der Waals surface area contributed by atoms with Gasteiger partial charge in [0.15, 0.2) is 0 Å². The van der Waals surface area contributed by atoms with Gasteiger partial charge >= 0.3 is 16.8 Å². The van der Waals surface area contributed by atoms with Crippen molar-refractivity contribution in [3.05, 3.63) is 0 Å². The molecule has 0 saturated heterocycles. The molecule has 0 amide bonds. The summed E-state index contributed by atoms with van der Waals surface area (Å²) in [5, 5.41) is 38.7. The van der Waals surface area contributed by atoms with E-state index in [1.807, 2.05) is 0 Å². The summed E-state index contributed by atoms with van der Waals surface area (Å²) in [7, 11) is 0. The predicted molar refractivity (Wildman–Crippen MR) is 172 cm³/mol. The molecule has 7 heteroatoms. The quantitative estimate of drug-likeness (QED) is 0.0709. The maximum atomic E-state index is 10.3. The van der Waals surface area contributed by atoms with Gasteiger partial charge in [0.05, 0.1) is 24.1 Å². The SMILES string of the molecule is CCCCCCCCCCCCCCCCC(O)C(=O)[O-].CCCCCCCCCCCCCCCCC(O)C(=O)[O-].[Co+2]. The molecule has 2 N–H and O–H groups in total. The van der Waals surface area contributed by atoms with Gasteiger partial charge in [0, 0.05) is 0 Å². The summed E-state index contributed by atoms with van der Waals surface area (Å²) >= 11 is 0. The predicted octanol–water partition coefficient (Wildman–Crippen LogP) is 7.93. The van der Waals surface area contributed by atoms with Crippen LogP contribution in [0.1, 0.15) is 206 Å². The number of rotatable bonds is 32. The fraction of sp³-hybridized carbons (Fsp3) is 0.944. The molecular weight excluding hydrogens is 587 g/mol. The van der Waals surface area contributed by atoms with Crippen LogP contribution in [0.25, 0.3) is 0 Å². The van der Waals surface area contributed by atoms with Gasteiger partial charge in [0.2, 0.25) is 0 Å². The van der Waals surface area contributed by atoms with Crippen LogP contribution in [0.5, 0.6) is 0 Å². The van der Waals surface area contributed by atoms with E-state index in [-0.39, 0.29) is 16.8 Å². The molecule has 0 spiro atoms. The summed E-state index contributed by atoms with van der Waals surface area (Å²) in [6.07, 6.45) is 33.9. The zero-order valence-corrected chi connectivity index (χ0v) is 29.3. The monoisotopic (exact) mass is 657 g/mol. The average molecular weight is 658 g/mol. The Hall–Kier alpha value is -0.634. The van der Waals surface area contributed by atoms with E-state index in [0.717, 1.165) is 38.5 Å². The molecular formula is C36H70CoO6. The fourth-order valence-electron chi connectivity index (χ4n) is 5.30. The van der Waals surface area contributed by atoms with Crippen LogP contribution in [0.4, 0.5) is 0 Å². The van der Waals surface area contributed by atoms with Gasteiger partial charge in [-0.3, -0.25) is 0 Å². The van der Waals surface area contributed by atoms with E-state index in [0.29, 0.717) is 12.8 Å². The molecule has 2 atom stereocenters. The standard InChI is InChI=1S/2C18H36O3.Co/c2*1-2-3-4-5-6-7-8-9-10-11-12-13-14-15-16-17(19)18(20)21;/h2*17,19H,2-16H2,1H3,(H,20,21);/q;;+2/p-2. The Bertz CT molecular complexity index is 512. The third-order valence-electron chi connectivity index (χ3n) is 8.21. The number of carbonyl (C=O) groups is 2. The van der Waals surface area contributed by atoms with Gasteiger partial charge in [0.25, 0.3) is 0 Å². The maximum absolute atomic E-state index is 10.3. The van der Waals surface area contributed by atoms with Gasteiger partial charge in [-0.15, -0.1) is 0 Å². The first-order valence-corrected chi connectivity index (χ1v) is 18.1. The van der Waals surface area contributed by atoms with E-state index in [2.05, 4.69) is 13.8 Å². The van der Waals surface area contributed by atoms with E-state index < -0.39 is 24.1 Å². The maximum Gasteiger partial charge on any atom is 2.00 e. The molecule has 0 aromatic heterocycles. The minimum absolute atomic E-state index is 0. The van der Waals surface area contributed by atoms with Gasteiger partial charge in [-0.05, 0) is 12.8 Å². The van der Waals surface area contributed by atoms with E-state index in [1.54, 1.807) is 0 Å². The van der Waals surface area contributed by atoms with Gasteiger partial charge in [-0.2, -0.15) is 0 Å². The van der Waals surface area contributed by atoms with E-state index in [1.165, 1.54) is 141 Å². The first kappa shape index (κ1) is 46.8. The molecule has 259 valence electrons. The number of carboxylic acid groups (broad SMARTS) is 2. The zero-order chi connectivity index (χ0) is 31.5. The van der Waals surface area contributed by atoms with Crippen LogP contribution in [0, 0.1) is 0 Å². The second kappa shape index (κ2) is 39.4. The summed E-state index contributed by atoms with van der Waals surface area (Å²) in [6, 6.07) is 0. The second-order valence-electron chi connectivity index (χ2n) is 12.4. The Morgan fingerprint density at radius 1 is 0.395 bits per heavy atom. The zero-order valence-electron chi connectivity index (χ0n) is 28.2. The van der Waals surface area contributed by atoms with Crippen LogP contribution in [0.2, 0.25) is 0 Å². The van der Waals surface area contributed by atoms with Crippen LogP contribution in [0.3, 0.4) is 0 Å². The number of aliphatic hydroxyl groups is 2. The average Bonchev–Trinajstić information content (AvgIpc) is 2.97. The van der Waals surface area contributed by atoms with Crippen molar-refractivity contribution in [1.82, 2.24) is 0 Å². The van der Waals surface area contributed by atoms with E-state index in [4.69, 9.17) is 10.2 Å². The molecule has 0 fully saturated rings. The van der Waals surface area contributed by atoms with Crippen LogP contribution in [0.15, 0.2) is 0 Å². The molecule has 0 aliphatic carbocycles. The van der Waals surface area contributed by atoms with Crippen LogP contribution < -0.4 is 10.2 Å². The molecule has 0 aromatic carbocycles. The van der Waals surface area contributed by atoms with Crippen molar-refractivity contribution < 1.29 is 46.8 Å². The Balaban J connectivity index is -0.000000727. The molecule has 0 bridgehead atoms. The molecule has 0 aromatic rings. The molecule has 0 heterocycles. The Morgan fingerprint density at radius 2 is 0.558 bits per heavy atom. The minimum Gasteiger partial charge on any atom is -0.547 e. The van der Waals surface area contributed by atoms with E-state index >= 15 is 0 Å². The molecule has 0 saturated carbocycles. The van der Waals surface area contributed by atoms with Crippen molar-refractivity contribution in [2.75, 3.05) is 0 Å². The van der Waals surface area contributed by atoms with Crippen LogP contribution in [-0.2, 0) is 26.4 Å². The largest absolute Gasteiger partial charge is 2.00 e. The number of aliphatic hydroxyl groups excluding tert-OH is 2. The number of hydrogen-bond donors (Lipinski definition) is 2. The first-order valence-electron chi connectivity index (χ1n) is 18.1. The number of carbonyl (C=O) groups excluding carboxylic acids is 2. The van der Waals surface area contributed by atoms with Crippen LogP contribution in [-0.4, -0.2) is 34.4 Å². The Labute approximate surface area is 276 Å². The van der Waals surface area contributed by atoms with Gasteiger partial charge in [0.1, 0.15) is 0 Å². The molecule has 6 nitrogen and oxygen atoms in total. The van der Waals surface area contributed by atoms with Crippen molar-refractivity contribution in [1.29, 1.82) is 0 Å². The van der Waals surface area contributed by atoms with Crippen molar-refractivity contribution in [3.63, 3.8) is 0 Å². The van der Waals surface area contributed by atoms with Gasteiger partial charge in [-0.1, -0.05) is 194 Å². The summed E-state index contributed by atoms with van der Waals surface area (Å²) in [5.74, 6) is -2.69. The van der Waals surface area contributed by atoms with E-state index in [9.17, 15) is 19.8 Å². The normalized spacial score (nSPS) is 12.2. The smallest absolute Gasteiger partial charge is 0.547 e. The number of hydrogen-bond acceptors (Lipinski definition) is 6. The second-order valence-corrected chi connectivity index (χ2v) is 12.4. The Kier molecular flexibility index (Phi) is 42.9. The van der Waals surface area contributed by atoms with Crippen molar-refractivity contribution in [3.8, 4) is 0 Å². The molecule has 43 heavy (non-hydrogen) atoms. The minimum atomic E-state index is -1.34. The summed E-state index contributed by atoms with van der Waals surface area (Å²) in [6.45, 7) is 4.51. The molecule has 0 aliphatic heterocycles. The first-order chi connectivity index (χ1) is 20.4.